The summed E-state index contributed by atoms with van der Waals surface area (Å²) in [5, 5.41) is 14.0. The Morgan fingerprint density at radius 2 is 1.97 bits per heavy atom. The Labute approximate surface area is 217 Å². The van der Waals surface area contributed by atoms with Crippen LogP contribution in [0.1, 0.15) is 5.76 Å². The molecule has 0 saturated carbocycles. The molecule has 2 aromatic carbocycles. The van der Waals surface area contributed by atoms with E-state index in [1.807, 2.05) is 0 Å². The monoisotopic (exact) mass is 544 g/mol. The zero-order valence-electron chi connectivity index (χ0n) is 19.5. The summed E-state index contributed by atoms with van der Waals surface area (Å²) in [6.07, 6.45) is 2.84. The predicted molar refractivity (Wildman–Crippen MR) is 135 cm³/mol. The van der Waals surface area contributed by atoms with Gasteiger partial charge < -0.3 is 19.2 Å². The summed E-state index contributed by atoms with van der Waals surface area (Å²) < 4.78 is 39.6. The zero-order valence-corrected chi connectivity index (χ0v) is 20.3. The summed E-state index contributed by atoms with van der Waals surface area (Å²) in [5.41, 5.74) is -0.0818. The smallest absolute Gasteiger partial charge is 0.387 e. The van der Waals surface area contributed by atoms with E-state index in [0.717, 1.165) is 11.8 Å². The van der Waals surface area contributed by atoms with E-state index in [4.69, 9.17) is 9.15 Å². The van der Waals surface area contributed by atoms with Crippen LogP contribution in [0.3, 0.4) is 0 Å². The molecule has 0 saturated heterocycles. The Morgan fingerprint density at radius 3 is 2.61 bits per heavy atom. The van der Waals surface area contributed by atoms with Crippen molar-refractivity contribution < 1.29 is 37.2 Å². The van der Waals surface area contributed by atoms with Crippen LogP contribution in [-0.4, -0.2) is 41.4 Å². The van der Waals surface area contributed by atoms with Crippen molar-refractivity contribution in [1.82, 2.24) is 0 Å². The van der Waals surface area contributed by atoms with Crippen LogP contribution < -0.4 is 19.7 Å². The van der Waals surface area contributed by atoms with Gasteiger partial charge >= 0.3 is 6.61 Å². The maximum absolute atomic E-state index is 13.2. The van der Waals surface area contributed by atoms with E-state index < -0.39 is 23.3 Å². The van der Waals surface area contributed by atoms with Gasteiger partial charge in [-0.3, -0.25) is 24.6 Å². The lowest BCUT2D eigenvalue weighted by Gasteiger charge is -2.18. The number of carbonyl (C=O) groups is 2. The molecule has 1 N–H and O–H groups in total. The van der Waals surface area contributed by atoms with E-state index in [-0.39, 0.29) is 45.2 Å². The van der Waals surface area contributed by atoms with Crippen LogP contribution in [0.5, 0.6) is 11.5 Å². The first kappa shape index (κ1) is 26.3. The van der Waals surface area contributed by atoms with Crippen molar-refractivity contribution in [2.75, 3.05) is 23.1 Å². The number of amides is 2. The molecule has 14 heteroatoms. The summed E-state index contributed by atoms with van der Waals surface area (Å²) >= 11 is 0.897. The molecule has 196 valence electrons. The first-order valence-electron chi connectivity index (χ1n) is 10.7. The number of alkyl halides is 2. The number of nitrogens with one attached hydrogen (secondary N) is 1. The molecule has 2 heterocycles. The third-order valence-electron chi connectivity index (χ3n) is 4.98. The minimum absolute atomic E-state index is 0.0153. The van der Waals surface area contributed by atoms with Gasteiger partial charge in [0.25, 0.3) is 11.6 Å². The van der Waals surface area contributed by atoms with Crippen molar-refractivity contribution >= 4 is 51.9 Å². The second-order valence-electron chi connectivity index (χ2n) is 7.43. The second-order valence-corrected chi connectivity index (χ2v) is 8.37. The summed E-state index contributed by atoms with van der Waals surface area (Å²) in [5.74, 6) is -0.881. The molecule has 1 aliphatic rings. The van der Waals surface area contributed by atoms with Gasteiger partial charge in [0.1, 0.15) is 28.6 Å². The van der Waals surface area contributed by atoms with Crippen LogP contribution in [-0.2, 0) is 9.59 Å². The van der Waals surface area contributed by atoms with Crippen LogP contribution in [0.4, 0.5) is 25.8 Å². The number of anilines is 2. The van der Waals surface area contributed by atoms with Gasteiger partial charge in [-0.1, -0.05) is 11.8 Å². The van der Waals surface area contributed by atoms with Crippen molar-refractivity contribution in [2.24, 2.45) is 4.99 Å². The van der Waals surface area contributed by atoms with Gasteiger partial charge in [0.05, 0.1) is 35.8 Å². The molecule has 0 spiro atoms. The Bertz CT molecular complexity index is 1410. The van der Waals surface area contributed by atoms with Gasteiger partial charge in [0, 0.05) is 6.08 Å². The summed E-state index contributed by atoms with van der Waals surface area (Å²) in [7, 11) is 1.36. The van der Waals surface area contributed by atoms with Crippen molar-refractivity contribution in [3.63, 3.8) is 0 Å². The Balaban J connectivity index is 1.55. The number of hydrogen-bond acceptors (Lipinski definition) is 9. The molecular weight excluding hydrogens is 526 g/mol. The van der Waals surface area contributed by atoms with Gasteiger partial charge in [0.15, 0.2) is 5.17 Å². The average molecular weight is 544 g/mol. The number of nitrogens with zero attached hydrogens (tertiary/aromatic N) is 3. The Morgan fingerprint density at radius 1 is 1.24 bits per heavy atom. The molecule has 0 fully saturated rings. The van der Waals surface area contributed by atoms with Gasteiger partial charge in [-0.25, -0.2) is 4.99 Å². The van der Waals surface area contributed by atoms with Gasteiger partial charge in [0.2, 0.25) is 5.91 Å². The third-order valence-corrected chi connectivity index (χ3v) is 5.92. The van der Waals surface area contributed by atoms with Crippen molar-refractivity contribution in [1.29, 1.82) is 0 Å². The normalized spacial score (nSPS) is 14.1. The number of amidine groups is 1. The topological polar surface area (TPSA) is 137 Å². The molecule has 0 bridgehead atoms. The first-order valence-corrected chi connectivity index (χ1v) is 11.7. The molecule has 0 aliphatic carbocycles. The van der Waals surface area contributed by atoms with E-state index >= 15 is 0 Å². The van der Waals surface area contributed by atoms with Crippen LogP contribution in [0, 0.1) is 10.1 Å². The Kier molecular flexibility index (Phi) is 8.01. The van der Waals surface area contributed by atoms with E-state index in [0.29, 0.717) is 5.76 Å². The number of ether oxygens (including phenoxy) is 2. The molecule has 1 aromatic heterocycles. The fraction of sp³-hybridized carbons (Fsp3) is 0.125. The number of halogens is 2. The number of hydrogen-bond donors (Lipinski definition) is 1. The van der Waals surface area contributed by atoms with Gasteiger partial charge in [-0.05, 0) is 48.5 Å². The second kappa shape index (κ2) is 11.6. The lowest BCUT2D eigenvalue weighted by molar-refractivity contribution is -0.384. The lowest BCUT2D eigenvalue weighted by Crippen LogP contribution is -2.31. The van der Waals surface area contributed by atoms with Crippen LogP contribution in [0.2, 0.25) is 0 Å². The van der Waals surface area contributed by atoms with E-state index in [2.05, 4.69) is 15.0 Å². The maximum Gasteiger partial charge on any atom is 0.387 e. The Hall–Kier alpha value is -4.72. The average Bonchev–Trinajstić information content (AvgIpc) is 3.51. The van der Waals surface area contributed by atoms with Crippen molar-refractivity contribution in [3.8, 4) is 11.5 Å². The predicted octanol–water partition coefficient (Wildman–Crippen LogP) is 4.91. The molecule has 1 aliphatic heterocycles. The maximum atomic E-state index is 13.2. The summed E-state index contributed by atoms with van der Waals surface area (Å²) in [4.78, 5) is 42.1. The lowest BCUT2D eigenvalue weighted by atomic mass is 10.2. The fourth-order valence-corrected chi connectivity index (χ4v) is 4.13. The highest BCUT2D eigenvalue weighted by Crippen LogP contribution is 2.32. The number of rotatable bonds is 9. The molecule has 3 aromatic rings. The molecule has 0 radical (unpaired) electrons. The molecule has 11 nitrogen and oxygen atoms in total. The number of methoxy groups -OCH3 is 1. The molecule has 0 atom stereocenters. The molecule has 2 amide bonds. The van der Waals surface area contributed by atoms with E-state index in [1.54, 1.807) is 12.1 Å². The minimum atomic E-state index is -3.01. The number of thioether (sulfide) groups is 1. The number of carbonyl (C=O) groups excluding carboxylic acids is 2. The van der Waals surface area contributed by atoms with Crippen molar-refractivity contribution in [3.05, 3.63) is 82.4 Å². The van der Waals surface area contributed by atoms with Crippen LogP contribution in [0.15, 0.2) is 76.0 Å². The molecule has 38 heavy (non-hydrogen) atoms. The van der Waals surface area contributed by atoms with E-state index in [1.165, 1.54) is 66.8 Å². The number of nitro benzene ring substituents is 1. The van der Waals surface area contributed by atoms with Gasteiger partial charge in [-0.15, -0.1) is 0 Å². The third kappa shape index (κ3) is 6.15. The quantitative estimate of drug-likeness (QED) is 0.228. The minimum Gasteiger partial charge on any atom is -0.496 e. The van der Waals surface area contributed by atoms with E-state index in [9.17, 15) is 28.5 Å². The van der Waals surface area contributed by atoms with Crippen molar-refractivity contribution in [2.45, 2.75) is 6.61 Å². The van der Waals surface area contributed by atoms with Crippen LogP contribution >= 0.6 is 11.8 Å². The molecular formula is C24H18F2N4O7S. The highest BCUT2D eigenvalue weighted by molar-refractivity contribution is 8.14. The van der Waals surface area contributed by atoms with Crippen LogP contribution in [0.25, 0.3) is 6.08 Å². The highest BCUT2D eigenvalue weighted by atomic mass is 32.2. The summed E-state index contributed by atoms with van der Waals surface area (Å²) in [6, 6.07) is 12.5. The number of aliphatic imine (C=N–C) groups is 1. The van der Waals surface area contributed by atoms with Gasteiger partial charge in [-0.2, -0.15) is 8.78 Å². The highest BCUT2D eigenvalue weighted by Gasteiger charge is 2.33. The largest absolute Gasteiger partial charge is 0.496 e. The number of benzene rings is 2. The molecule has 0 unspecified atom stereocenters. The molecule has 4 rings (SSSR count). The summed E-state index contributed by atoms with van der Waals surface area (Å²) in [6.45, 7) is -3.01. The number of nitro groups is 1. The zero-order chi connectivity index (χ0) is 27.2. The SMILES string of the molecule is COc1ccc(NC(=O)CSC2=N/C(=C\c3ccco3)C(=O)N2c2ccc(OC(F)F)cc2)c([N+](=O)[O-])c1. The number of furan rings is 1. The standard InChI is InChI=1S/C24H18F2N4O7S/c1-35-16-8-9-18(20(12-16)30(33)34)27-21(31)13-38-24-28-19(11-17-3-2-10-36-17)22(32)29(24)14-4-6-15(7-5-14)37-23(25)26/h2-12,23H,13H2,1H3,(H,27,31)/b19-11-. The first-order chi connectivity index (χ1) is 18.2. The fourth-order valence-electron chi connectivity index (χ4n) is 3.32.